The molecule has 5 rings (SSSR count). The van der Waals surface area contributed by atoms with Crippen LogP contribution in [0.2, 0.25) is 0 Å². The molecule has 0 atom stereocenters. The van der Waals surface area contributed by atoms with E-state index in [-0.39, 0.29) is 24.3 Å². The van der Waals surface area contributed by atoms with Crippen molar-refractivity contribution in [2.24, 2.45) is 5.92 Å². The number of anilines is 1. The first-order valence-electron chi connectivity index (χ1n) is 12.1. The largest absolute Gasteiger partial charge is 0.459 e. The van der Waals surface area contributed by atoms with Crippen LogP contribution in [0.4, 0.5) is 5.69 Å². The lowest BCUT2D eigenvalue weighted by Crippen LogP contribution is -2.26. The molecule has 3 aromatic rings. The Morgan fingerprint density at radius 3 is 2.68 bits per heavy atom. The fourth-order valence-corrected chi connectivity index (χ4v) is 5.76. The molecule has 1 N–H and O–H groups in total. The molecule has 6 heteroatoms. The Morgan fingerprint density at radius 2 is 1.94 bits per heavy atom. The van der Waals surface area contributed by atoms with Crippen molar-refractivity contribution in [3.8, 4) is 0 Å². The summed E-state index contributed by atoms with van der Waals surface area (Å²) in [6.07, 6.45) is 3.84. The maximum Gasteiger partial charge on any atom is 0.326 e. The van der Waals surface area contributed by atoms with Gasteiger partial charge in [-0.15, -0.1) is 11.8 Å². The Balaban J connectivity index is 1.52. The molecular formula is C28H32N2O3S. The van der Waals surface area contributed by atoms with Crippen molar-refractivity contribution in [2.75, 3.05) is 11.1 Å². The van der Waals surface area contributed by atoms with Crippen LogP contribution in [-0.2, 0) is 33.7 Å². The monoisotopic (exact) mass is 476 g/mol. The molecule has 1 aliphatic carbocycles. The maximum absolute atomic E-state index is 12.7. The first-order valence-corrected chi connectivity index (χ1v) is 13.1. The first kappa shape index (κ1) is 23.0. The minimum absolute atomic E-state index is 0.0990. The van der Waals surface area contributed by atoms with E-state index in [9.17, 15) is 9.59 Å². The molecule has 0 saturated heterocycles. The van der Waals surface area contributed by atoms with Crippen LogP contribution in [0.5, 0.6) is 0 Å². The van der Waals surface area contributed by atoms with E-state index in [2.05, 4.69) is 41.1 Å². The van der Waals surface area contributed by atoms with E-state index in [0.29, 0.717) is 0 Å². The molecule has 1 fully saturated rings. The third kappa shape index (κ3) is 4.88. The lowest BCUT2D eigenvalue weighted by atomic mass is 9.99. The van der Waals surface area contributed by atoms with Crippen LogP contribution in [0.25, 0.3) is 10.9 Å². The van der Waals surface area contributed by atoms with Gasteiger partial charge in [-0.3, -0.25) is 9.59 Å². The van der Waals surface area contributed by atoms with Crippen molar-refractivity contribution in [1.29, 1.82) is 0 Å². The summed E-state index contributed by atoms with van der Waals surface area (Å²) < 4.78 is 7.66. The SMILES string of the molecule is Cc1c(Cc2ccc3c(c2)CCS3)c2cc(NC(=O)C3CC3)ccc2n1CC(=O)OC(C)(C)C. The van der Waals surface area contributed by atoms with Gasteiger partial charge in [0, 0.05) is 38.9 Å². The molecule has 2 aliphatic rings. The highest BCUT2D eigenvalue weighted by molar-refractivity contribution is 7.99. The van der Waals surface area contributed by atoms with Crippen LogP contribution >= 0.6 is 11.8 Å². The smallest absolute Gasteiger partial charge is 0.326 e. The Hall–Kier alpha value is -2.73. The van der Waals surface area contributed by atoms with E-state index < -0.39 is 5.60 Å². The lowest BCUT2D eigenvalue weighted by molar-refractivity contribution is -0.155. The van der Waals surface area contributed by atoms with Crippen LogP contribution in [0.3, 0.4) is 0 Å². The zero-order valence-electron chi connectivity index (χ0n) is 20.4. The number of benzene rings is 2. The average molecular weight is 477 g/mol. The minimum Gasteiger partial charge on any atom is -0.459 e. The quantitative estimate of drug-likeness (QED) is 0.452. The van der Waals surface area contributed by atoms with E-state index in [1.807, 2.05) is 44.7 Å². The molecule has 34 heavy (non-hydrogen) atoms. The van der Waals surface area contributed by atoms with Crippen molar-refractivity contribution in [1.82, 2.24) is 4.57 Å². The lowest BCUT2D eigenvalue weighted by Gasteiger charge is -2.20. The van der Waals surface area contributed by atoms with Crippen molar-refractivity contribution in [2.45, 2.75) is 70.4 Å². The highest BCUT2D eigenvalue weighted by Crippen LogP contribution is 2.35. The number of amides is 1. The van der Waals surface area contributed by atoms with Gasteiger partial charge in [-0.05, 0) is 94.3 Å². The van der Waals surface area contributed by atoms with E-state index >= 15 is 0 Å². The van der Waals surface area contributed by atoms with Gasteiger partial charge >= 0.3 is 5.97 Å². The van der Waals surface area contributed by atoms with Gasteiger partial charge in [-0.25, -0.2) is 0 Å². The van der Waals surface area contributed by atoms with Crippen molar-refractivity contribution in [3.63, 3.8) is 0 Å². The number of nitrogens with one attached hydrogen (secondary N) is 1. The van der Waals surface area contributed by atoms with Crippen molar-refractivity contribution < 1.29 is 14.3 Å². The van der Waals surface area contributed by atoms with E-state index in [0.717, 1.165) is 53.7 Å². The number of aromatic nitrogens is 1. The number of aryl methyl sites for hydroxylation is 1. The summed E-state index contributed by atoms with van der Waals surface area (Å²) >= 11 is 1.92. The molecule has 178 valence electrons. The molecule has 5 nitrogen and oxygen atoms in total. The van der Waals surface area contributed by atoms with Gasteiger partial charge in [0.05, 0.1) is 0 Å². The Bertz CT molecular complexity index is 1280. The number of carbonyl (C=O) groups is 2. The second kappa shape index (κ2) is 8.81. The Kier molecular flexibility index (Phi) is 5.96. The standard InChI is InChI=1S/C28H32N2O3S/c1-17-22(14-18-5-10-25-20(13-18)11-12-34-25)23-15-21(29-27(32)19-6-7-19)8-9-24(23)30(17)16-26(31)33-28(2,3)4/h5,8-10,13,15,19H,6-7,11-12,14,16H2,1-4H3,(H,29,32). The topological polar surface area (TPSA) is 60.3 Å². The summed E-state index contributed by atoms with van der Waals surface area (Å²) in [6.45, 7) is 7.90. The molecule has 0 spiro atoms. The predicted molar refractivity (Wildman–Crippen MR) is 138 cm³/mol. The van der Waals surface area contributed by atoms with Gasteiger partial charge in [-0.1, -0.05) is 12.1 Å². The highest BCUT2D eigenvalue weighted by atomic mass is 32.2. The summed E-state index contributed by atoms with van der Waals surface area (Å²) in [7, 11) is 0. The second-order valence-corrected chi connectivity index (χ2v) is 11.6. The third-order valence-electron chi connectivity index (χ3n) is 6.51. The number of ether oxygens (including phenoxy) is 1. The van der Waals surface area contributed by atoms with Crippen LogP contribution < -0.4 is 5.32 Å². The predicted octanol–water partition coefficient (Wildman–Crippen LogP) is 5.88. The van der Waals surface area contributed by atoms with Crippen LogP contribution in [0.1, 0.15) is 56.0 Å². The number of fused-ring (bicyclic) bond motifs is 2. The first-order chi connectivity index (χ1) is 16.2. The molecular weight excluding hydrogens is 444 g/mol. The van der Waals surface area contributed by atoms with Crippen molar-refractivity contribution >= 4 is 40.2 Å². The Morgan fingerprint density at radius 1 is 1.15 bits per heavy atom. The molecule has 1 aliphatic heterocycles. The summed E-state index contributed by atoms with van der Waals surface area (Å²) in [5, 5.41) is 4.15. The number of esters is 1. The summed E-state index contributed by atoms with van der Waals surface area (Å²) in [4.78, 5) is 26.5. The fraction of sp³-hybridized carbons (Fsp3) is 0.429. The van der Waals surface area contributed by atoms with Gasteiger partial charge in [0.15, 0.2) is 0 Å². The van der Waals surface area contributed by atoms with Gasteiger partial charge < -0.3 is 14.6 Å². The number of nitrogens with zero attached hydrogens (tertiary/aromatic N) is 1. The zero-order valence-corrected chi connectivity index (χ0v) is 21.2. The fourth-order valence-electron chi connectivity index (χ4n) is 4.70. The number of rotatable bonds is 6. The highest BCUT2D eigenvalue weighted by Gasteiger charge is 2.30. The molecule has 1 aromatic heterocycles. The van der Waals surface area contributed by atoms with Crippen molar-refractivity contribution in [3.05, 3.63) is 58.8 Å². The maximum atomic E-state index is 12.7. The van der Waals surface area contributed by atoms with E-state index in [4.69, 9.17) is 4.74 Å². The van der Waals surface area contributed by atoms with Crippen LogP contribution in [-0.4, -0.2) is 27.8 Å². The zero-order chi connectivity index (χ0) is 24.0. The number of hydrogen-bond donors (Lipinski definition) is 1. The number of hydrogen-bond acceptors (Lipinski definition) is 4. The van der Waals surface area contributed by atoms with Crippen LogP contribution in [0.15, 0.2) is 41.3 Å². The van der Waals surface area contributed by atoms with Gasteiger partial charge in [0.25, 0.3) is 0 Å². The molecule has 2 heterocycles. The van der Waals surface area contributed by atoms with Gasteiger partial charge in [-0.2, -0.15) is 0 Å². The van der Waals surface area contributed by atoms with Gasteiger partial charge in [0.2, 0.25) is 5.91 Å². The number of thioether (sulfide) groups is 1. The number of carbonyl (C=O) groups excluding carboxylic acids is 2. The Labute approximate surface area is 205 Å². The second-order valence-electron chi connectivity index (χ2n) is 10.4. The molecule has 0 radical (unpaired) electrons. The summed E-state index contributed by atoms with van der Waals surface area (Å²) in [5.41, 5.74) is 6.21. The third-order valence-corrected chi connectivity index (χ3v) is 7.63. The van der Waals surface area contributed by atoms with Crippen LogP contribution in [0, 0.1) is 12.8 Å². The summed E-state index contributed by atoms with van der Waals surface area (Å²) in [6, 6.07) is 12.8. The average Bonchev–Trinajstić information content (AvgIpc) is 3.47. The van der Waals surface area contributed by atoms with E-state index in [1.54, 1.807) is 0 Å². The van der Waals surface area contributed by atoms with Gasteiger partial charge in [0.1, 0.15) is 12.1 Å². The molecule has 2 aromatic carbocycles. The molecule has 0 bridgehead atoms. The summed E-state index contributed by atoms with van der Waals surface area (Å²) in [5.74, 6) is 1.15. The molecule has 0 unspecified atom stereocenters. The minimum atomic E-state index is -0.528. The molecule has 1 amide bonds. The normalized spacial score (nSPS) is 15.4. The molecule has 1 saturated carbocycles. The van der Waals surface area contributed by atoms with E-state index in [1.165, 1.54) is 21.6 Å².